The SMILES string of the molecule is COC(=O)CSc1ccnc2c1CCc1cc(Cl)ccc1C2=C1CCN(C(=O)Cc2cccnc2)CC1. The van der Waals surface area contributed by atoms with Gasteiger partial charge < -0.3 is 9.64 Å². The number of carbonyl (C=O) groups excluding carboxylic acids is 2. The molecule has 1 fully saturated rings. The standard InChI is InChI=1S/C29H28ClN3O3S/c1-36-27(35)18-37-25-8-12-32-29-24(25)6-4-21-16-22(30)5-7-23(21)28(29)20-9-13-33(14-10-20)26(34)15-19-3-2-11-31-17-19/h2-3,5,7-8,11-12,16-17H,4,6,9-10,13-15,18H2,1H3. The molecule has 190 valence electrons. The molecule has 0 atom stereocenters. The third kappa shape index (κ3) is 5.73. The van der Waals surface area contributed by atoms with Crippen LogP contribution >= 0.6 is 23.4 Å². The van der Waals surface area contributed by atoms with E-state index in [2.05, 4.69) is 17.1 Å². The summed E-state index contributed by atoms with van der Waals surface area (Å²) in [4.78, 5) is 36.8. The first-order chi connectivity index (χ1) is 18.0. The molecule has 0 N–H and O–H groups in total. The summed E-state index contributed by atoms with van der Waals surface area (Å²) in [6.45, 7) is 1.35. The first-order valence-corrected chi connectivity index (χ1v) is 13.7. The Labute approximate surface area is 226 Å². The highest BCUT2D eigenvalue weighted by Crippen LogP contribution is 2.41. The Morgan fingerprint density at radius 3 is 2.68 bits per heavy atom. The molecule has 0 spiro atoms. The van der Waals surface area contributed by atoms with Crippen molar-refractivity contribution >= 4 is 40.8 Å². The van der Waals surface area contributed by atoms with Gasteiger partial charge in [-0.15, -0.1) is 11.8 Å². The lowest BCUT2D eigenvalue weighted by Gasteiger charge is -2.30. The second kappa shape index (κ2) is 11.5. The Morgan fingerprint density at radius 1 is 1.08 bits per heavy atom. The average Bonchev–Trinajstić information content (AvgIpc) is 3.09. The number of nitrogens with zero attached hydrogens (tertiary/aromatic N) is 3. The molecule has 0 unspecified atom stereocenters. The van der Waals surface area contributed by atoms with E-state index in [-0.39, 0.29) is 17.6 Å². The Kier molecular flexibility index (Phi) is 7.91. The van der Waals surface area contributed by atoms with Gasteiger partial charge >= 0.3 is 5.97 Å². The van der Waals surface area contributed by atoms with Gasteiger partial charge in [-0.2, -0.15) is 0 Å². The number of rotatable bonds is 5. The third-order valence-corrected chi connectivity index (χ3v) is 8.26. The zero-order valence-electron chi connectivity index (χ0n) is 20.7. The van der Waals surface area contributed by atoms with Crippen LogP contribution < -0.4 is 0 Å². The average molecular weight is 534 g/mol. The number of pyridine rings is 2. The van der Waals surface area contributed by atoms with E-state index in [0.29, 0.717) is 19.5 Å². The van der Waals surface area contributed by atoms with E-state index in [1.54, 1.807) is 12.4 Å². The molecule has 1 amide bonds. The number of aryl methyl sites for hydroxylation is 1. The number of hydrogen-bond donors (Lipinski definition) is 0. The second-order valence-corrected chi connectivity index (χ2v) is 10.7. The lowest BCUT2D eigenvalue weighted by atomic mass is 9.88. The van der Waals surface area contributed by atoms with Crippen molar-refractivity contribution in [1.29, 1.82) is 0 Å². The van der Waals surface area contributed by atoms with E-state index in [4.69, 9.17) is 21.3 Å². The van der Waals surface area contributed by atoms with Crippen molar-refractivity contribution in [2.45, 2.75) is 37.0 Å². The molecule has 1 aromatic carbocycles. The van der Waals surface area contributed by atoms with E-state index in [0.717, 1.165) is 63.6 Å². The zero-order chi connectivity index (χ0) is 25.8. The molecule has 37 heavy (non-hydrogen) atoms. The van der Waals surface area contributed by atoms with Crippen LogP contribution in [0.1, 0.15) is 40.8 Å². The Balaban J connectivity index is 1.47. The summed E-state index contributed by atoms with van der Waals surface area (Å²) in [5, 5.41) is 0.720. The van der Waals surface area contributed by atoms with Crippen molar-refractivity contribution in [3.63, 3.8) is 0 Å². The van der Waals surface area contributed by atoms with Crippen LogP contribution in [0.3, 0.4) is 0 Å². The highest BCUT2D eigenvalue weighted by molar-refractivity contribution is 8.00. The molecule has 2 aromatic heterocycles. The van der Waals surface area contributed by atoms with Gasteiger partial charge in [0, 0.05) is 47.2 Å². The number of methoxy groups -OCH3 is 1. The number of hydrogen-bond acceptors (Lipinski definition) is 6. The smallest absolute Gasteiger partial charge is 0.315 e. The molecule has 1 aliphatic carbocycles. The molecule has 1 aliphatic heterocycles. The van der Waals surface area contributed by atoms with Crippen LogP contribution in [0, 0.1) is 0 Å². The normalized spacial score (nSPS) is 15.0. The van der Waals surface area contributed by atoms with Crippen LogP contribution in [0.2, 0.25) is 5.02 Å². The second-order valence-electron chi connectivity index (χ2n) is 9.20. The Bertz CT molecular complexity index is 1350. The number of ether oxygens (including phenoxy) is 1. The number of aromatic nitrogens is 2. The van der Waals surface area contributed by atoms with Gasteiger partial charge in [0.2, 0.25) is 5.91 Å². The molecule has 6 nitrogen and oxygen atoms in total. The maximum absolute atomic E-state index is 13.0. The first-order valence-electron chi connectivity index (χ1n) is 12.4. The Hall–Kier alpha value is -3.16. The molecule has 1 saturated heterocycles. The predicted molar refractivity (Wildman–Crippen MR) is 146 cm³/mol. The molecule has 3 aromatic rings. The molecular weight excluding hydrogens is 506 g/mol. The van der Waals surface area contributed by atoms with Crippen molar-refractivity contribution in [2.24, 2.45) is 0 Å². The first kappa shape index (κ1) is 25.5. The number of thioether (sulfide) groups is 1. The van der Waals surface area contributed by atoms with Gasteiger partial charge in [-0.05, 0) is 72.2 Å². The Morgan fingerprint density at radius 2 is 1.92 bits per heavy atom. The molecule has 0 bridgehead atoms. The number of amides is 1. The van der Waals surface area contributed by atoms with Gasteiger partial charge in [-0.3, -0.25) is 19.6 Å². The number of carbonyl (C=O) groups is 2. The minimum absolute atomic E-state index is 0.130. The number of piperidine rings is 1. The fourth-order valence-corrected chi connectivity index (χ4v) is 6.20. The van der Waals surface area contributed by atoms with Crippen LogP contribution in [0.4, 0.5) is 0 Å². The van der Waals surface area contributed by atoms with E-state index in [1.165, 1.54) is 30.0 Å². The minimum Gasteiger partial charge on any atom is -0.468 e. The van der Waals surface area contributed by atoms with Gasteiger partial charge in [-0.25, -0.2) is 0 Å². The van der Waals surface area contributed by atoms with Gasteiger partial charge in [0.25, 0.3) is 0 Å². The molecule has 0 radical (unpaired) electrons. The lowest BCUT2D eigenvalue weighted by Crippen LogP contribution is -2.37. The molecule has 5 rings (SSSR count). The fourth-order valence-electron chi connectivity index (χ4n) is 5.09. The summed E-state index contributed by atoms with van der Waals surface area (Å²) in [5.74, 6) is 0.136. The maximum Gasteiger partial charge on any atom is 0.315 e. The zero-order valence-corrected chi connectivity index (χ0v) is 22.3. The van der Waals surface area contributed by atoms with Crippen molar-refractivity contribution in [1.82, 2.24) is 14.9 Å². The molecule has 8 heteroatoms. The number of halogens is 1. The number of benzene rings is 1. The van der Waals surface area contributed by atoms with Crippen LogP contribution in [-0.4, -0.2) is 52.7 Å². The fraction of sp³-hybridized carbons (Fsp3) is 0.310. The lowest BCUT2D eigenvalue weighted by molar-refractivity contribution is -0.137. The molecule has 0 saturated carbocycles. The van der Waals surface area contributed by atoms with E-state index >= 15 is 0 Å². The van der Waals surface area contributed by atoms with E-state index < -0.39 is 0 Å². The molecule has 3 heterocycles. The summed E-state index contributed by atoms with van der Waals surface area (Å²) < 4.78 is 4.85. The summed E-state index contributed by atoms with van der Waals surface area (Å²) in [6, 6.07) is 11.9. The van der Waals surface area contributed by atoms with Crippen LogP contribution in [0.5, 0.6) is 0 Å². The van der Waals surface area contributed by atoms with E-state index in [9.17, 15) is 9.59 Å². The minimum atomic E-state index is -0.249. The predicted octanol–water partition coefficient (Wildman–Crippen LogP) is 5.16. The quantitative estimate of drug-likeness (QED) is 0.333. The van der Waals surface area contributed by atoms with Crippen molar-refractivity contribution in [2.75, 3.05) is 26.0 Å². The summed E-state index contributed by atoms with van der Waals surface area (Å²) in [7, 11) is 1.41. The number of fused-ring (bicyclic) bond motifs is 2. The van der Waals surface area contributed by atoms with Gasteiger partial charge in [-0.1, -0.05) is 29.3 Å². The van der Waals surface area contributed by atoms with Gasteiger partial charge in [0.05, 0.1) is 25.0 Å². The monoisotopic (exact) mass is 533 g/mol. The third-order valence-electron chi connectivity index (χ3n) is 6.96. The molecular formula is C29H28ClN3O3S. The maximum atomic E-state index is 13.0. The van der Waals surface area contributed by atoms with Crippen molar-refractivity contribution in [3.8, 4) is 0 Å². The van der Waals surface area contributed by atoms with Gasteiger partial charge in [0.1, 0.15) is 0 Å². The summed E-state index contributed by atoms with van der Waals surface area (Å²) in [5.41, 5.74) is 7.88. The number of esters is 1. The summed E-state index contributed by atoms with van der Waals surface area (Å²) in [6.07, 6.45) is 8.89. The highest BCUT2D eigenvalue weighted by Gasteiger charge is 2.28. The largest absolute Gasteiger partial charge is 0.468 e. The topological polar surface area (TPSA) is 72.4 Å². The van der Waals surface area contributed by atoms with Crippen molar-refractivity contribution < 1.29 is 14.3 Å². The van der Waals surface area contributed by atoms with Gasteiger partial charge in [0.15, 0.2) is 0 Å². The number of likely N-dealkylation sites (tertiary alicyclic amines) is 1. The van der Waals surface area contributed by atoms with Crippen LogP contribution in [-0.2, 0) is 33.6 Å². The van der Waals surface area contributed by atoms with Crippen LogP contribution in [0.25, 0.3) is 5.57 Å². The van der Waals surface area contributed by atoms with Crippen LogP contribution in [0.15, 0.2) is 65.5 Å². The summed E-state index contributed by atoms with van der Waals surface area (Å²) >= 11 is 7.88. The van der Waals surface area contributed by atoms with E-state index in [1.807, 2.05) is 35.4 Å². The van der Waals surface area contributed by atoms with Crippen molar-refractivity contribution in [3.05, 3.63) is 93.5 Å². The highest BCUT2D eigenvalue weighted by atomic mass is 35.5. The molecule has 2 aliphatic rings.